The molecule has 1 aliphatic rings. The van der Waals surface area contributed by atoms with E-state index in [4.69, 9.17) is 5.26 Å². The van der Waals surface area contributed by atoms with Crippen molar-refractivity contribution in [1.29, 1.82) is 5.26 Å². The number of benzene rings is 1. The first kappa shape index (κ1) is 10.1. The lowest BCUT2D eigenvalue weighted by atomic mass is 10.0. The van der Waals surface area contributed by atoms with Crippen molar-refractivity contribution in [2.75, 3.05) is 0 Å². The maximum atomic E-state index is 8.92. The van der Waals surface area contributed by atoms with Gasteiger partial charge < -0.3 is 4.57 Å². The predicted octanol–water partition coefficient (Wildman–Crippen LogP) is 2.62. The smallest absolute Gasteiger partial charge is 0.0997 e. The zero-order valence-corrected chi connectivity index (χ0v) is 9.56. The van der Waals surface area contributed by atoms with Crippen molar-refractivity contribution in [1.82, 2.24) is 9.55 Å². The summed E-state index contributed by atoms with van der Waals surface area (Å²) in [5, 5.41) is 8.92. The van der Waals surface area contributed by atoms with Crippen molar-refractivity contribution < 1.29 is 0 Å². The lowest BCUT2D eigenvalue weighted by Crippen LogP contribution is -2.06. The molecule has 0 saturated heterocycles. The van der Waals surface area contributed by atoms with Crippen LogP contribution in [0.3, 0.4) is 0 Å². The van der Waals surface area contributed by atoms with E-state index in [-0.39, 0.29) is 0 Å². The van der Waals surface area contributed by atoms with Gasteiger partial charge in [-0.1, -0.05) is 6.07 Å². The Bertz CT molecular complexity index is 590. The molecule has 0 aliphatic heterocycles. The lowest BCUT2D eigenvalue weighted by Gasteiger charge is -2.14. The van der Waals surface area contributed by atoms with E-state index in [9.17, 15) is 0 Å². The van der Waals surface area contributed by atoms with Crippen molar-refractivity contribution >= 4 is 0 Å². The molecule has 0 radical (unpaired) electrons. The summed E-state index contributed by atoms with van der Waals surface area (Å²) in [6.45, 7) is 0. The van der Waals surface area contributed by atoms with Crippen molar-refractivity contribution in [3.8, 4) is 11.8 Å². The van der Waals surface area contributed by atoms with Gasteiger partial charge in [-0.05, 0) is 43.9 Å². The minimum Gasteiger partial charge on any atom is -0.303 e. The maximum absolute atomic E-state index is 8.92. The van der Waals surface area contributed by atoms with E-state index < -0.39 is 0 Å². The standard InChI is InChI=1S/C14H13N3/c15-9-11-4-3-5-12(8-11)17-10-16-13-6-1-2-7-14(13)17/h3-5,8,10H,1-2,6-7H2. The Morgan fingerprint density at radius 3 is 3.00 bits per heavy atom. The molecule has 84 valence electrons. The molecule has 0 fully saturated rings. The van der Waals surface area contributed by atoms with Crippen LogP contribution < -0.4 is 0 Å². The van der Waals surface area contributed by atoms with Gasteiger partial charge in [0.05, 0.1) is 23.7 Å². The number of imidazole rings is 1. The Labute approximate surface area is 100 Å². The molecule has 3 heteroatoms. The predicted molar refractivity (Wildman–Crippen MR) is 64.9 cm³/mol. The van der Waals surface area contributed by atoms with Crippen LogP contribution in [0, 0.1) is 11.3 Å². The SMILES string of the molecule is N#Cc1cccc(-n2cnc3c2CCCC3)c1. The Kier molecular flexibility index (Phi) is 2.41. The second kappa shape index (κ2) is 4.06. The molecule has 3 rings (SSSR count). The number of aromatic nitrogens is 2. The number of nitrogens with zero attached hydrogens (tertiary/aromatic N) is 3. The first-order valence-corrected chi connectivity index (χ1v) is 5.94. The molecule has 17 heavy (non-hydrogen) atoms. The zero-order valence-electron chi connectivity index (χ0n) is 9.56. The number of fused-ring (bicyclic) bond motifs is 1. The Morgan fingerprint density at radius 2 is 2.12 bits per heavy atom. The van der Waals surface area contributed by atoms with Crippen LogP contribution in [0.1, 0.15) is 29.8 Å². The summed E-state index contributed by atoms with van der Waals surface area (Å²) in [4.78, 5) is 4.47. The Morgan fingerprint density at radius 1 is 1.24 bits per heavy atom. The lowest BCUT2D eigenvalue weighted by molar-refractivity contribution is 0.656. The minimum absolute atomic E-state index is 0.695. The molecule has 0 N–H and O–H groups in total. The van der Waals surface area contributed by atoms with Crippen LogP contribution in [0.25, 0.3) is 5.69 Å². The van der Waals surface area contributed by atoms with E-state index in [0.29, 0.717) is 5.56 Å². The third kappa shape index (κ3) is 1.72. The Balaban J connectivity index is 2.09. The van der Waals surface area contributed by atoms with Gasteiger partial charge in [0, 0.05) is 11.4 Å². The topological polar surface area (TPSA) is 41.6 Å². The van der Waals surface area contributed by atoms with Gasteiger partial charge in [0.1, 0.15) is 0 Å². The van der Waals surface area contributed by atoms with Gasteiger partial charge in [-0.2, -0.15) is 5.26 Å². The first-order valence-electron chi connectivity index (χ1n) is 5.94. The molecule has 0 saturated carbocycles. The van der Waals surface area contributed by atoms with Gasteiger partial charge in [0.2, 0.25) is 0 Å². The molecule has 0 unspecified atom stereocenters. The average molecular weight is 223 g/mol. The molecule has 1 aromatic carbocycles. The van der Waals surface area contributed by atoms with E-state index in [2.05, 4.69) is 15.6 Å². The fourth-order valence-electron chi connectivity index (χ4n) is 2.42. The fraction of sp³-hybridized carbons (Fsp3) is 0.286. The molecular formula is C14H13N3. The van der Waals surface area contributed by atoms with Crippen LogP contribution in [0.2, 0.25) is 0 Å². The van der Waals surface area contributed by atoms with Crippen LogP contribution in [-0.2, 0) is 12.8 Å². The largest absolute Gasteiger partial charge is 0.303 e. The molecular weight excluding hydrogens is 210 g/mol. The van der Waals surface area contributed by atoms with Crippen molar-refractivity contribution in [2.24, 2.45) is 0 Å². The molecule has 0 bridgehead atoms. The minimum atomic E-state index is 0.695. The fourth-order valence-corrected chi connectivity index (χ4v) is 2.42. The van der Waals surface area contributed by atoms with Crippen molar-refractivity contribution in [2.45, 2.75) is 25.7 Å². The van der Waals surface area contributed by atoms with E-state index in [1.54, 1.807) is 0 Å². The van der Waals surface area contributed by atoms with Crippen LogP contribution >= 0.6 is 0 Å². The van der Waals surface area contributed by atoms with Gasteiger partial charge in [-0.15, -0.1) is 0 Å². The summed E-state index contributed by atoms with van der Waals surface area (Å²) in [5.74, 6) is 0. The monoisotopic (exact) mass is 223 g/mol. The molecule has 0 spiro atoms. The summed E-state index contributed by atoms with van der Waals surface area (Å²) < 4.78 is 2.12. The third-order valence-electron chi connectivity index (χ3n) is 3.28. The highest BCUT2D eigenvalue weighted by Crippen LogP contribution is 2.23. The number of aryl methyl sites for hydroxylation is 1. The normalized spacial score (nSPS) is 14.1. The molecule has 1 aromatic heterocycles. The maximum Gasteiger partial charge on any atom is 0.0997 e. The molecule has 2 aromatic rings. The summed E-state index contributed by atoms with van der Waals surface area (Å²) in [7, 11) is 0. The van der Waals surface area contributed by atoms with Crippen molar-refractivity contribution in [3.63, 3.8) is 0 Å². The van der Waals surface area contributed by atoms with Crippen LogP contribution in [0.15, 0.2) is 30.6 Å². The van der Waals surface area contributed by atoms with Crippen molar-refractivity contribution in [3.05, 3.63) is 47.5 Å². The van der Waals surface area contributed by atoms with E-state index >= 15 is 0 Å². The average Bonchev–Trinajstić information content (AvgIpc) is 2.82. The van der Waals surface area contributed by atoms with Crippen LogP contribution in [0.4, 0.5) is 0 Å². The molecule has 1 aliphatic carbocycles. The van der Waals surface area contributed by atoms with E-state index in [1.807, 2.05) is 30.6 Å². The number of hydrogen-bond donors (Lipinski definition) is 0. The van der Waals surface area contributed by atoms with E-state index in [0.717, 1.165) is 18.5 Å². The molecule has 3 nitrogen and oxygen atoms in total. The van der Waals surface area contributed by atoms with Crippen LogP contribution in [0.5, 0.6) is 0 Å². The molecule has 0 amide bonds. The van der Waals surface area contributed by atoms with Gasteiger partial charge in [0.25, 0.3) is 0 Å². The summed E-state index contributed by atoms with van der Waals surface area (Å²) in [6, 6.07) is 9.86. The highest BCUT2D eigenvalue weighted by Gasteiger charge is 2.15. The first-order chi connectivity index (χ1) is 8.38. The van der Waals surface area contributed by atoms with E-state index in [1.165, 1.54) is 24.2 Å². The number of hydrogen-bond acceptors (Lipinski definition) is 2. The summed E-state index contributed by atoms with van der Waals surface area (Å²) >= 11 is 0. The quantitative estimate of drug-likeness (QED) is 0.745. The molecule has 0 atom stereocenters. The summed E-state index contributed by atoms with van der Waals surface area (Å²) in [5.41, 5.74) is 4.27. The Hall–Kier alpha value is -2.08. The van der Waals surface area contributed by atoms with Crippen LogP contribution in [-0.4, -0.2) is 9.55 Å². The summed E-state index contributed by atoms with van der Waals surface area (Å²) in [6.07, 6.45) is 6.53. The third-order valence-corrected chi connectivity index (χ3v) is 3.28. The number of nitriles is 1. The molecule has 1 heterocycles. The highest BCUT2D eigenvalue weighted by atomic mass is 15.1. The van der Waals surface area contributed by atoms with Gasteiger partial charge in [0.15, 0.2) is 0 Å². The van der Waals surface area contributed by atoms with Gasteiger partial charge in [-0.25, -0.2) is 4.98 Å². The highest BCUT2D eigenvalue weighted by molar-refractivity contribution is 5.43. The zero-order chi connectivity index (χ0) is 11.7. The number of rotatable bonds is 1. The van der Waals surface area contributed by atoms with Gasteiger partial charge >= 0.3 is 0 Å². The second-order valence-corrected chi connectivity index (χ2v) is 4.38. The second-order valence-electron chi connectivity index (χ2n) is 4.38. The van der Waals surface area contributed by atoms with Gasteiger partial charge in [-0.3, -0.25) is 0 Å².